The first-order chi connectivity index (χ1) is 8.64. The Kier molecular flexibility index (Phi) is 4.00. The van der Waals surface area contributed by atoms with Crippen molar-refractivity contribution in [1.29, 1.82) is 5.26 Å². The fourth-order valence-corrected chi connectivity index (χ4v) is 3.75. The van der Waals surface area contributed by atoms with E-state index in [1.54, 1.807) is 28.6 Å². The normalized spacial score (nSPS) is 17.3. The van der Waals surface area contributed by atoms with Gasteiger partial charge in [-0.15, -0.1) is 0 Å². The zero-order valence-electron chi connectivity index (χ0n) is 10.2. The second-order valence-corrected chi connectivity index (χ2v) is 6.38. The van der Waals surface area contributed by atoms with Gasteiger partial charge in [0.25, 0.3) is 0 Å². The molecule has 18 heavy (non-hydrogen) atoms. The number of benzene rings is 1. The van der Waals surface area contributed by atoms with Gasteiger partial charge in [-0.1, -0.05) is 18.6 Å². The Morgan fingerprint density at radius 1 is 1.22 bits per heavy atom. The van der Waals surface area contributed by atoms with E-state index in [2.05, 4.69) is 0 Å². The molecule has 0 aliphatic carbocycles. The maximum absolute atomic E-state index is 12.4. The van der Waals surface area contributed by atoms with Gasteiger partial charge >= 0.3 is 0 Å². The van der Waals surface area contributed by atoms with Crippen LogP contribution in [0.1, 0.15) is 24.8 Å². The van der Waals surface area contributed by atoms with Crippen molar-refractivity contribution in [2.75, 3.05) is 13.1 Å². The number of piperidine rings is 1. The minimum Gasteiger partial charge on any atom is -0.207 e. The first kappa shape index (κ1) is 13.1. The van der Waals surface area contributed by atoms with E-state index in [9.17, 15) is 8.42 Å². The van der Waals surface area contributed by atoms with Gasteiger partial charge in [-0.2, -0.15) is 9.57 Å². The van der Waals surface area contributed by atoms with Crippen LogP contribution in [0.5, 0.6) is 0 Å². The van der Waals surface area contributed by atoms with E-state index in [1.807, 2.05) is 6.07 Å². The van der Waals surface area contributed by atoms with Gasteiger partial charge in [0.1, 0.15) is 0 Å². The fourth-order valence-electron chi connectivity index (χ4n) is 2.16. The maximum atomic E-state index is 12.4. The van der Waals surface area contributed by atoms with E-state index < -0.39 is 10.0 Å². The zero-order valence-corrected chi connectivity index (χ0v) is 11.0. The summed E-state index contributed by atoms with van der Waals surface area (Å²) in [5, 5.41) is 8.65. The SMILES string of the molecule is N#CCc1cccc(S(=O)(=O)N2CCCCC2)c1. The third kappa shape index (κ3) is 2.71. The van der Waals surface area contributed by atoms with Gasteiger partial charge in [-0.05, 0) is 30.5 Å². The molecule has 0 atom stereocenters. The molecular weight excluding hydrogens is 248 g/mol. The highest BCUT2D eigenvalue weighted by Crippen LogP contribution is 2.21. The van der Waals surface area contributed by atoms with Crippen molar-refractivity contribution < 1.29 is 8.42 Å². The first-order valence-corrected chi connectivity index (χ1v) is 7.54. The molecule has 1 aromatic rings. The van der Waals surface area contributed by atoms with E-state index >= 15 is 0 Å². The third-order valence-corrected chi connectivity index (χ3v) is 5.03. The average Bonchev–Trinajstić information content (AvgIpc) is 2.40. The summed E-state index contributed by atoms with van der Waals surface area (Å²) < 4.78 is 26.3. The Hall–Kier alpha value is -1.38. The fraction of sp³-hybridized carbons (Fsp3) is 0.462. The monoisotopic (exact) mass is 264 g/mol. The number of nitrogens with zero attached hydrogens (tertiary/aromatic N) is 2. The molecule has 1 saturated heterocycles. The highest BCUT2D eigenvalue weighted by Gasteiger charge is 2.25. The van der Waals surface area contributed by atoms with Gasteiger partial charge < -0.3 is 0 Å². The van der Waals surface area contributed by atoms with Gasteiger partial charge in [-0.3, -0.25) is 0 Å². The summed E-state index contributed by atoms with van der Waals surface area (Å²) in [5.41, 5.74) is 0.746. The smallest absolute Gasteiger partial charge is 0.207 e. The zero-order chi connectivity index (χ0) is 13.0. The van der Waals surface area contributed by atoms with Crippen molar-refractivity contribution in [2.24, 2.45) is 0 Å². The van der Waals surface area contributed by atoms with Crippen LogP contribution in [0, 0.1) is 11.3 Å². The highest BCUT2D eigenvalue weighted by molar-refractivity contribution is 7.89. The molecule has 1 aromatic carbocycles. The second kappa shape index (κ2) is 5.51. The number of hydrogen-bond acceptors (Lipinski definition) is 3. The predicted octanol–water partition coefficient (Wildman–Crippen LogP) is 1.93. The minimum absolute atomic E-state index is 0.239. The van der Waals surface area contributed by atoms with E-state index in [4.69, 9.17) is 5.26 Å². The molecule has 1 aliphatic rings. The Labute approximate surface area is 108 Å². The Morgan fingerprint density at radius 2 is 1.94 bits per heavy atom. The van der Waals surface area contributed by atoms with E-state index in [-0.39, 0.29) is 6.42 Å². The van der Waals surface area contributed by atoms with Crippen LogP contribution in [-0.4, -0.2) is 25.8 Å². The molecule has 4 nitrogen and oxygen atoms in total. The van der Waals surface area contributed by atoms with Gasteiger partial charge in [0.15, 0.2) is 0 Å². The summed E-state index contributed by atoms with van der Waals surface area (Å²) in [6, 6.07) is 8.71. The molecule has 0 spiro atoms. The number of nitriles is 1. The van der Waals surface area contributed by atoms with Crippen LogP contribution < -0.4 is 0 Å². The molecule has 2 rings (SSSR count). The van der Waals surface area contributed by atoms with E-state index in [1.165, 1.54) is 0 Å². The maximum Gasteiger partial charge on any atom is 0.243 e. The molecule has 0 saturated carbocycles. The van der Waals surface area contributed by atoms with Crippen molar-refractivity contribution in [3.05, 3.63) is 29.8 Å². The second-order valence-electron chi connectivity index (χ2n) is 4.45. The molecule has 0 amide bonds. The van der Waals surface area contributed by atoms with Crippen molar-refractivity contribution in [3.63, 3.8) is 0 Å². The van der Waals surface area contributed by atoms with Gasteiger partial charge in [0.2, 0.25) is 10.0 Å². The topological polar surface area (TPSA) is 61.2 Å². The standard InChI is InChI=1S/C13H16N2O2S/c14-8-7-12-5-4-6-13(11-12)18(16,17)15-9-2-1-3-10-15/h4-6,11H,1-3,7,9-10H2. The lowest BCUT2D eigenvalue weighted by Crippen LogP contribution is -2.35. The van der Waals surface area contributed by atoms with Crippen LogP contribution in [0.25, 0.3) is 0 Å². The number of hydrogen-bond donors (Lipinski definition) is 0. The molecule has 0 bridgehead atoms. The molecule has 0 aromatic heterocycles. The lowest BCUT2D eigenvalue weighted by Gasteiger charge is -2.25. The summed E-state index contributed by atoms with van der Waals surface area (Å²) >= 11 is 0. The molecule has 0 radical (unpaired) electrons. The van der Waals surface area contributed by atoms with E-state index in [0.717, 1.165) is 24.8 Å². The molecule has 1 fully saturated rings. The van der Waals surface area contributed by atoms with Gasteiger partial charge in [-0.25, -0.2) is 8.42 Å². The Morgan fingerprint density at radius 3 is 2.61 bits per heavy atom. The number of rotatable bonds is 3. The summed E-state index contributed by atoms with van der Waals surface area (Å²) in [4.78, 5) is 0.303. The van der Waals surface area contributed by atoms with Crippen molar-refractivity contribution in [3.8, 4) is 6.07 Å². The largest absolute Gasteiger partial charge is 0.243 e. The summed E-state index contributed by atoms with van der Waals surface area (Å²) in [6.45, 7) is 1.20. The lowest BCUT2D eigenvalue weighted by molar-refractivity contribution is 0.346. The third-order valence-electron chi connectivity index (χ3n) is 3.13. The van der Waals surface area contributed by atoms with Crippen LogP contribution in [0.2, 0.25) is 0 Å². The Bertz CT molecular complexity index is 555. The van der Waals surface area contributed by atoms with E-state index in [0.29, 0.717) is 18.0 Å². The molecular formula is C13H16N2O2S. The summed E-state index contributed by atoms with van der Waals surface area (Å²) in [5.74, 6) is 0. The van der Waals surface area contributed by atoms with Crippen LogP contribution in [-0.2, 0) is 16.4 Å². The first-order valence-electron chi connectivity index (χ1n) is 6.10. The van der Waals surface area contributed by atoms with Crippen molar-refractivity contribution >= 4 is 10.0 Å². The molecule has 1 heterocycles. The van der Waals surface area contributed by atoms with Gasteiger partial charge in [0.05, 0.1) is 17.4 Å². The minimum atomic E-state index is -3.38. The summed E-state index contributed by atoms with van der Waals surface area (Å²) in [7, 11) is -3.38. The highest BCUT2D eigenvalue weighted by atomic mass is 32.2. The average molecular weight is 264 g/mol. The van der Waals surface area contributed by atoms with Crippen LogP contribution in [0.3, 0.4) is 0 Å². The quantitative estimate of drug-likeness (QED) is 0.838. The van der Waals surface area contributed by atoms with Gasteiger partial charge in [0, 0.05) is 13.1 Å². The molecule has 1 aliphatic heterocycles. The molecule has 0 unspecified atom stereocenters. The van der Waals surface area contributed by atoms with Crippen LogP contribution >= 0.6 is 0 Å². The van der Waals surface area contributed by atoms with Crippen LogP contribution in [0.15, 0.2) is 29.2 Å². The molecule has 96 valence electrons. The lowest BCUT2D eigenvalue weighted by atomic mass is 10.2. The number of sulfonamides is 1. The summed E-state index contributed by atoms with van der Waals surface area (Å²) in [6.07, 6.45) is 3.19. The van der Waals surface area contributed by atoms with Crippen LogP contribution in [0.4, 0.5) is 0 Å². The van der Waals surface area contributed by atoms with Crippen molar-refractivity contribution in [1.82, 2.24) is 4.31 Å². The Balaban J connectivity index is 2.29. The molecule has 5 heteroatoms. The predicted molar refractivity (Wildman–Crippen MR) is 68.4 cm³/mol. The molecule has 0 N–H and O–H groups in total. The van der Waals surface area contributed by atoms with Crippen molar-refractivity contribution in [2.45, 2.75) is 30.6 Å².